The van der Waals surface area contributed by atoms with Crippen molar-refractivity contribution in [1.82, 2.24) is 14.8 Å². The van der Waals surface area contributed by atoms with E-state index in [0.29, 0.717) is 26.2 Å². The Morgan fingerprint density at radius 1 is 0.947 bits per heavy atom. The summed E-state index contributed by atoms with van der Waals surface area (Å²) >= 11 is 0. The van der Waals surface area contributed by atoms with Crippen LogP contribution in [0.4, 0.5) is 13.2 Å². The summed E-state index contributed by atoms with van der Waals surface area (Å²) in [4.78, 5) is 21.2. The highest BCUT2D eigenvalue weighted by molar-refractivity contribution is 5.76. The number of benzene rings is 2. The number of nitrogens with zero attached hydrogens (tertiary/aromatic N) is 3. The Hall–Kier alpha value is -3.27. The van der Waals surface area contributed by atoms with Gasteiger partial charge in [-0.1, -0.05) is 48.5 Å². The zero-order valence-electron chi connectivity index (χ0n) is 21.5. The van der Waals surface area contributed by atoms with E-state index >= 15 is 0 Å². The molecule has 6 nitrogen and oxygen atoms in total. The number of hydrogen-bond donors (Lipinski definition) is 1. The molecule has 1 fully saturated rings. The van der Waals surface area contributed by atoms with Gasteiger partial charge in [0.2, 0.25) is 0 Å². The van der Waals surface area contributed by atoms with Crippen LogP contribution in [0.5, 0.6) is 0 Å². The molecule has 9 heteroatoms. The van der Waals surface area contributed by atoms with Gasteiger partial charge in [0.15, 0.2) is 5.60 Å². The Morgan fingerprint density at radius 3 is 2.11 bits per heavy atom. The molecule has 1 aliphatic heterocycles. The topological polar surface area (TPSA) is 65.9 Å². The van der Waals surface area contributed by atoms with E-state index in [0.717, 1.165) is 42.3 Å². The van der Waals surface area contributed by atoms with Gasteiger partial charge in [-0.15, -0.1) is 0 Å². The lowest BCUT2D eigenvalue weighted by atomic mass is 9.93. The molecule has 3 aromatic rings. The van der Waals surface area contributed by atoms with E-state index in [9.17, 15) is 23.1 Å². The third-order valence-corrected chi connectivity index (χ3v) is 6.96. The third-order valence-electron chi connectivity index (χ3n) is 6.96. The SMILES string of the molecule is CCOC(=O)C1CN(Cc2ccc(-c3ccc(C(C)(O)C(F)(F)F)cc3)cc2)CCN1Cc1ccncc1. The predicted molar refractivity (Wildman–Crippen MR) is 138 cm³/mol. The molecule has 0 saturated carbocycles. The first-order chi connectivity index (χ1) is 18.1. The first-order valence-electron chi connectivity index (χ1n) is 12.6. The summed E-state index contributed by atoms with van der Waals surface area (Å²) in [5.74, 6) is -0.227. The highest BCUT2D eigenvalue weighted by Crippen LogP contribution is 2.39. The lowest BCUT2D eigenvalue weighted by Crippen LogP contribution is -2.56. The molecule has 0 bridgehead atoms. The number of alkyl halides is 3. The van der Waals surface area contributed by atoms with E-state index in [1.165, 1.54) is 12.1 Å². The first-order valence-corrected chi connectivity index (χ1v) is 12.6. The van der Waals surface area contributed by atoms with Crippen LogP contribution in [0.1, 0.15) is 30.5 Å². The highest BCUT2D eigenvalue weighted by atomic mass is 19.4. The van der Waals surface area contributed by atoms with Crippen molar-refractivity contribution in [2.75, 3.05) is 26.2 Å². The molecular weight excluding hydrogens is 495 g/mol. The fourth-order valence-electron chi connectivity index (χ4n) is 4.61. The van der Waals surface area contributed by atoms with Crippen molar-refractivity contribution in [2.45, 2.75) is 44.8 Å². The van der Waals surface area contributed by atoms with Crippen LogP contribution in [0.3, 0.4) is 0 Å². The van der Waals surface area contributed by atoms with Crippen molar-refractivity contribution in [1.29, 1.82) is 0 Å². The number of piperazine rings is 1. The van der Waals surface area contributed by atoms with Gasteiger partial charge in [0.05, 0.1) is 6.61 Å². The Bertz CT molecular complexity index is 1200. The summed E-state index contributed by atoms with van der Waals surface area (Å²) in [6.07, 6.45) is -1.27. The van der Waals surface area contributed by atoms with E-state index in [-0.39, 0.29) is 17.6 Å². The van der Waals surface area contributed by atoms with Gasteiger partial charge in [0, 0.05) is 45.1 Å². The van der Waals surface area contributed by atoms with Gasteiger partial charge in [0.1, 0.15) is 6.04 Å². The van der Waals surface area contributed by atoms with Crippen LogP contribution in [-0.4, -0.2) is 64.3 Å². The maximum atomic E-state index is 13.1. The van der Waals surface area contributed by atoms with Crippen LogP contribution in [-0.2, 0) is 28.2 Å². The summed E-state index contributed by atoms with van der Waals surface area (Å²) < 4.78 is 44.7. The van der Waals surface area contributed by atoms with Crippen molar-refractivity contribution < 1.29 is 27.8 Å². The number of aromatic nitrogens is 1. The molecule has 2 atom stereocenters. The number of hydrogen-bond acceptors (Lipinski definition) is 6. The molecule has 38 heavy (non-hydrogen) atoms. The largest absolute Gasteiger partial charge is 0.465 e. The molecule has 0 spiro atoms. The van der Waals surface area contributed by atoms with Crippen LogP contribution in [0.2, 0.25) is 0 Å². The second kappa shape index (κ2) is 11.6. The van der Waals surface area contributed by atoms with Crippen LogP contribution in [0.15, 0.2) is 73.1 Å². The zero-order valence-corrected chi connectivity index (χ0v) is 21.5. The third kappa shape index (κ3) is 6.40. The van der Waals surface area contributed by atoms with Crippen LogP contribution < -0.4 is 0 Å². The van der Waals surface area contributed by atoms with Crippen molar-refractivity contribution in [3.8, 4) is 11.1 Å². The molecule has 2 aromatic carbocycles. The average Bonchev–Trinajstić information content (AvgIpc) is 2.90. The minimum atomic E-state index is -4.76. The van der Waals surface area contributed by atoms with Crippen LogP contribution in [0.25, 0.3) is 11.1 Å². The van der Waals surface area contributed by atoms with Crippen molar-refractivity contribution in [2.24, 2.45) is 0 Å². The zero-order chi connectivity index (χ0) is 27.3. The quantitative estimate of drug-likeness (QED) is 0.426. The van der Waals surface area contributed by atoms with Gasteiger partial charge in [-0.25, -0.2) is 0 Å². The number of pyridine rings is 1. The molecule has 1 N–H and O–H groups in total. The molecule has 1 saturated heterocycles. The second-order valence-electron chi connectivity index (χ2n) is 9.67. The summed E-state index contributed by atoms with van der Waals surface area (Å²) in [5, 5.41) is 9.88. The molecule has 4 rings (SSSR count). The molecule has 0 radical (unpaired) electrons. The van der Waals surface area contributed by atoms with Gasteiger partial charge >= 0.3 is 12.1 Å². The molecular formula is C29H32F3N3O3. The van der Waals surface area contributed by atoms with Crippen LogP contribution >= 0.6 is 0 Å². The normalized spacial score (nSPS) is 18.6. The molecule has 202 valence electrons. The Labute approximate surface area is 220 Å². The van der Waals surface area contributed by atoms with E-state index < -0.39 is 11.8 Å². The number of esters is 1. The van der Waals surface area contributed by atoms with Gasteiger partial charge in [-0.2, -0.15) is 13.2 Å². The lowest BCUT2D eigenvalue weighted by Gasteiger charge is -2.40. The van der Waals surface area contributed by atoms with E-state index in [1.54, 1.807) is 31.5 Å². The molecule has 0 aliphatic carbocycles. The van der Waals surface area contributed by atoms with E-state index in [1.807, 2.05) is 36.4 Å². The summed E-state index contributed by atoms with van der Waals surface area (Å²) in [7, 11) is 0. The summed E-state index contributed by atoms with van der Waals surface area (Å²) in [5.41, 5.74) is 0.663. The monoisotopic (exact) mass is 527 g/mol. The predicted octanol–water partition coefficient (Wildman–Crippen LogP) is 4.77. The fraction of sp³-hybridized carbons (Fsp3) is 0.379. The Kier molecular flexibility index (Phi) is 8.50. The van der Waals surface area contributed by atoms with E-state index in [4.69, 9.17) is 4.74 Å². The second-order valence-corrected chi connectivity index (χ2v) is 9.67. The summed E-state index contributed by atoms with van der Waals surface area (Å²) in [6, 6.07) is 17.1. The Morgan fingerprint density at radius 2 is 1.53 bits per heavy atom. The maximum Gasteiger partial charge on any atom is 0.421 e. The lowest BCUT2D eigenvalue weighted by molar-refractivity contribution is -0.258. The molecule has 0 amide bonds. The number of halogens is 3. The number of aliphatic hydroxyl groups is 1. The molecule has 1 aliphatic rings. The van der Waals surface area contributed by atoms with Crippen LogP contribution in [0, 0.1) is 0 Å². The Balaban J connectivity index is 1.41. The van der Waals surface area contributed by atoms with Crippen molar-refractivity contribution in [3.63, 3.8) is 0 Å². The average molecular weight is 528 g/mol. The molecule has 2 heterocycles. The van der Waals surface area contributed by atoms with E-state index in [2.05, 4.69) is 14.8 Å². The summed E-state index contributed by atoms with van der Waals surface area (Å²) in [6.45, 7) is 6.25. The number of carbonyl (C=O) groups is 1. The number of carbonyl (C=O) groups excluding carboxylic acids is 1. The standard InChI is InChI=1S/C29H32F3N3O3/c1-3-38-27(36)26-20-34(16-17-35(26)19-22-12-14-33-15-13-22)18-21-4-6-23(7-5-21)24-8-10-25(11-9-24)28(2,37)29(30,31)32/h4-15,26,37H,3,16-20H2,1-2H3. The van der Waals surface area contributed by atoms with Gasteiger partial charge < -0.3 is 9.84 Å². The first kappa shape index (κ1) is 27.8. The van der Waals surface area contributed by atoms with Gasteiger partial charge in [-0.05, 0) is 53.8 Å². The van der Waals surface area contributed by atoms with Gasteiger partial charge in [0.25, 0.3) is 0 Å². The van der Waals surface area contributed by atoms with Crippen molar-refractivity contribution >= 4 is 5.97 Å². The minimum absolute atomic E-state index is 0.204. The number of rotatable bonds is 8. The molecule has 2 unspecified atom stereocenters. The van der Waals surface area contributed by atoms with Gasteiger partial charge in [-0.3, -0.25) is 19.6 Å². The highest BCUT2D eigenvalue weighted by Gasteiger charge is 2.51. The maximum absolute atomic E-state index is 13.1. The minimum Gasteiger partial charge on any atom is -0.465 e. The van der Waals surface area contributed by atoms with Crippen molar-refractivity contribution in [3.05, 3.63) is 89.7 Å². The smallest absolute Gasteiger partial charge is 0.421 e. The fourth-order valence-corrected chi connectivity index (χ4v) is 4.61. The number of ether oxygens (including phenoxy) is 1. The molecule has 1 aromatic heterocycles.